The van der Waals surface area contributed by atoms with Crippen LogP contribution in [0.15, 0.2) is 18.2 Å². The molecule has 0 saturated heterocycles. The largest absolute Gasteiger partial charge is 0.486 e. The quantitative estimate of drug-likeness (QED) is 0.765. The van der Waals surface area contributed by atoms with E-state index in [4.69, 9.17) is 16.3 Å². The Bertz CT molecular complexity index is 487. The van der Waals surface area contributed by atoms with E-state index in [1.54, 1.807) is 0 Å². The van der Waals surface area contributed by atoms with Gasteiger partial charge in [-0.1, -0.05) is 11.6 Å². The molecule has 0 amide bonds. The summed E-state index contributed by atoms with van der Waals surface area (Å²) in [6, 6.07) is 5.57. The van der Waals surface area contributed by atoms with E-state index in [-0.39, 0.29) is 5.60 Å². The second-order valence-electron chi connectivity index (χ2n) is 5.71. The second-order valence-corrected chi connectivity index (χ2v) is 6.15. The molecule has 1 N–H and O–H groups in total. The molecule has 2 nitrogen and oxygen atoms in total. The van der Waals surface area contributed by atoms with Crippen molar-refractivity contribution in [2.45, 2.75) is 37.4 Å². The van der Waals surface area contributed by atoms with Crippen LogP contribution in [-0.4, -0.2) is 10.7 Å². The maximum atomic E-state index is 10.3. The molecule has 0 aromatic heterocycles. The maximum absolute atomic E-state index is 10.3. The Balaban J connectivity index is 1.76. The van der Waals surface area contributed by atoms with Gasteiger partial charge in [0.15, 0.2) is 0 Å². The molecule has 3 unspecified atom stereocenters. The summed E-state index contributed by atoms with van der Waals surface area (Å²) in [5.74, 6) is 2.37. The first-order valence-corrected chi connectivity index (χ1v) is 6.72. The van der Waals surface area contributed by atoms with Gasteiger partial charge in [0.25, 0.3) is 0 Å². The summed E-state index contributed by atoms with van der Waals surface area (Å²) in [7, 11) is 0. The molecule has 1 heterocycles. The van der Waals surface area contributed by atoms with Gasteiger partial charge in [0, 0.05) is 22.9 Å². The van der Waals surface area contributed by atoms with Crippen molar-refractivity contribution in [1.29, 1.82) is 0 Å². The van der Waals surface area contributed by atoms with E-state index in [9.17, 15) is 5.11 Å². The molecule has 3 heteroatoms. The van der Waals surface area contributed by atoms with Crippen molar-refractivity contribution in [3.63, 3.8) is 0 Å². The van der Waals surface area contributed by atoms with Crippen LogP contribution >= 0.6 is 11.6 Å². The van der Waals surface area contributed by atoms with E-state index in [0.29, 0.717) is 10.9 Å². The molecular weight excluding hydrogens is 236 g/mol. The average Bonchev–Trinajstić information content (AvgIpc) is 3.02. The minimum Gasteiger partial charge on any atom is -0.486 e. The van der Waals surface area contributed by atoms with Gasteiger partial charge < -0.3 is 9.84 Å². The molecule has 1 aliphatic heterocycles. The van der Waals surface area contributed by atoms with Crippen LogP contribution in [0.25, 0.3) is 0 Å². The van der Waals surface area contributed by atoms with Crippen molar-refractivity contribution in [1.82, 2.24) is 0 Å². The molecule has 2 fully saturated rings. The summed E-state index contributed by atoms with van der Waals surface area (Å²) in [4.78, 5) is 0. The molecular formula is C14H15ClO2. The van der Waals surface area contributed by atoms with E-state index in [1.807, 2.05) is 18.2 Å². The minimum atomic E-state index is -0.420. The van der Waals surface area contributed by atoms with Gasteiger partial charge in [0.05, 0.1) is 6.10 Å². The number of aliphatic hydroxyl groups excluding tert-OH is 1. The lowest BCUT2D eigenvalue weighted by Crippen LogP contribution is -2.41. The Morgan fingerprint density at radius 1 is 1.41 bits per heavy atom. The molecule has 4 rings (SSSR count). The summed E-state index contributed by atoms with van der Waals surface area (Å²) in [6.07, 6.45) is 3.97. The molecule has 3 aliphatic rings. The van der Waals surface area contributed by atoms with Gasteiger partial charge >= 0.3 is 0 Å². The average molecular weight is 251 g/mol. The lowest BCUT2D eigenvalue weighted by Gasteiger charge is -2.39. The number of ether oxygens (including phenoxy) is 1. The highest BCUT2D eigenvalue weighted by Gasteiger charge is 2.61. The lowest BCUT2D eigenvalue weighted by molar-refractivity contribution is -0.0248. The molecule has 1 aromatic rings. The monoisotopic (exact) mass is 250 g/mol. The predicted molar refractivity (Wildman–Crippen MR) is 65.2 cm³/mol. The van der Waals surface area contributed by atoms with Crippen LogP contribution in [0.1, 0.15) is 37.4 Å². The Labute approximate surface area is 106 Å². The first-order valence-electron chi connectivity index (χ1n) is 6.34. The molecule has 17 heavy (non-hydrogen) atoms. The zero-order valence-corrected chi connectivity index (χ0v) is 10.3. The van der Waals surface area contributed by atoms with Gasteiger partial charge in [-0.25, -0.2) is 0 Å². The van der Waals surface area contributed by atoms with Crippen LogP contribution in [0.4, 0.5) is 0 Å². The highest BCUT2D eigenvalue weighted by atomic mass is 35.5. The first kappa shape index (κ1) is 10.2. The molecule has 1 aromatic carbocycles. The van der Waals surface area contributed by atoms with E-state index in [2.05, 4.69) is 0 Å². The fraction of sp³-hybridized carbons (Fsp3) is 0.571. The maximum Gasteiger partial charge on any atom is 0.126 e. The molecule has 2 saturated carbocycles. The van der Waals surface area contributed by atoms with Gasteiger partial charge in [0.2, 0.25) is 0 Å². The smallest absolute Gasteiger partial charge is 0.126 e. The van der Waals surface area contributed by atoms with Crippen LogP contribution in [-0.2, 0) is 0 Å². The fourth-order valence-electron chi connectivity index (χ4n) is 3.78. The Kier molecular flexibility index (Phi) is 1.91. The summed E-state index contributed by atoms with van der Waals surface area (Å²) in [5.41, 5.74) is 0.775. The summed E-state index contributed by atoms with van der Waals surface area (Å²) in [6.45, 7) is 0. The van der Waals surface area contributed by atoms with Crippen molar-refractivity contribution in [2.24, 2.45) is 11.8 Å². The standard InChI is InChI=1S/C14H15ClO2/c15-9-1-2-13-10(6-9)12(16)7-14(17-13)4-3-8-5-11(8)14/h1-2,6,8,11-12,16H,3-5,7H2/t8?,11?,12-,14?/m1/s1. The number of hydrogen-bond donors (Lipinski definition) is 1. The van der Waals surface area contributed by atoms with E-state index in [1.165, 1.54) is 12.8 Å². The molecule has 2 aliphatic carbocycles. The molecule has 1 spiro atoms. The minimum absolute atomic E-state index is 0.0785. The fourth-order valence-corrected chi connectivity index (χ4v) is 3.96. The molecule has 0 radical (unpaired) electrons. The third-order valence-corrected chi connectivity index (χ3v) is 4.95. The Hall–Kier alpha value is -0.730. The van der Waals surface area contributed by atoms with Crippen LogP contribution in [0, 0.1) is 11.8 Å². The highest BCUT2D eigenvalue weighted by molar-refractivity contribution is 6.30. The van der Waals surface area contributed by atoms with E-state index >= 15 is 0 Å². The SMILES string of the molecule is O[C@@H]1CC2(CCC3CC32)Oc2ccc(Cl)cc21. The van der Waals surface area contributed by atoms with Crippen LogP contribution < -0.4 is 4.74 Å². The van der Waals surface area contributed by atoms with Gasteiger partial charge in [-0.05, 0) is 43.4 Å². The predicted octanol–water partition coefficient (Wildman–Crippen LogP) is 3.32. The summed E-state index contributed by atoms with van der Waals surface area (Å²) >= 11 is 5.96. The third kappa shape index (κ3) is 1.37. The number of hydrogen-bond acceptors (Lipinski definition) is 2. The zero-order chi connectivity index (χ0) is 11.6. The van der Waals surface area contributed by atoms with Crippen molar-refractivity contribution in [3.8, 4) is 5.75 Å². The number of fused-ring (bicyclic) bond motifs is 3. The third-order valence-electron chi connectivity index (χ3n) is 4.72. The van der Waals surface area contributed by atoms with Gasteiger partial charge in [-0.2, -0.15) is 0 Å². The molecule has 90 valence electrons. The van der Waals surface area contributed by atoms with Crippen LogP contribution in [0.3, 0.4) is 0 Å². The van der Waals surface area contributed by atoms with Crippen LogP contribution in [0.5, 0.6) is 5.75 Å². The number of rotatable bonds is 0. The normalized spacial score (nSPS) is 41.9. The number of benzene rings is 1. The topological polar surface area (TPSA) is 29.5 Å². The van der Waals surface area contributed by atoms with Crippen molar-refractivity contribution in [3.05, 3.63) is 28.8 Å². The van der Waals surface area contributed by atoms with E-state index < -0.39 is 6.10 Å². The molecule has 4 atom stereocenters. The van der Waals surface area contributed by atoms with Gasteiger partial charge in [-0.15, -0.1) is 0 Å². The Morgan fingerprint density at radius 2 is 2.29 bits per heavy atom. The number of halogens is 1. The zero-order valence-electron chi connectivity index (χ0n) is 9.53. The van der Waals surface area contributed by atoms with E-state index in [0.717, 1.165) is 30.1 Å². The van der Waals surface area contributed by atoms with Crippen molar-refractivity contribution >= 4 is 11.6 Å². The first-order chi connectivity index (χ1) is 8.18. The summed E-state index contributed by atoms with van der Waals surface area (Å²) in [5, 5.41) is 11.0. The van der Waals surface area contributed by atoms with Crippen LogP contribution in [0.2, 0.25) is 5.02 Å². The number of aliphatic hydroxyl groups is 1. The Morgan fingerprint density at radius 3 is 3.00 bits per heavy atom. The van der Waals surface area contributed by atoms with Crippen molar-refractivity contribution < 1.29 is 9.84 Å². The second kappa shape index (κ2) is 3.18. The van der Waals surface area contributed by atoms with Gasteiger partial charge in [0.1, 0.15) is 11.4 Å². The molecule has 0 bridgehead atoms. The van der Waals surface area contributed by atoms with Gasteiger partial charge in [-0.3, -0.25) is 0 Å². The van der Waals surface area contributed by atoms with Crippen molar-refractivity contribution in [2.75, 3.05) is 0 Å². The lowest BCUT2D eigenvalue weighted by atomic mass is 9.85. The summed E-state index contributed by atoms with van der Waals surface area (Å²) < 4.78 is 6.24. The highest BCUT2D eigenvalue weighted by Crippen LogP contribution is 2.63.